The monoisotopic (exact) mass is 395 g/mol. The van der Waals surface area contributed by atoms with E-state index in [9.17, 15) is 9.59 Å². The minimum absolute atomic E-state index is 0.0337. The van der Waals surface area contributed by atoms with E-state index in [0.29, 0.717) is 16.7 Å². The summed E-state index contributed by atoms with van der Waals surface area (Å²) in [4.78, 5) is 29.5. The molecule has 1 N–H and O–H groups in total. The highest BCUT2D eigenvalue weighted by Crippen LogP contribution is 2.23. The maximum Gasteiger partial charge on any atom is 0.349 e. The van der Waals surface area contributed by atoms with Gasteiger partial charge in [-0.05, 0) is 42.8 Å². The van der Waals surface area contributed by atoms with Crippen LogP contribution in [0.25, 0.3) is 27.9 Å². The minimum Gasteiger partial charge on any atom is -0.422 e. The highest BCUT2D eigenvalue weighted by atomic mass is 16.4. The first-order valence-electron chi connectivity index (χ1n) is 9.47. The van der Waals surface area contributed by atoms with Crippen LogP contribution < -0.4 is 10.9 Å². The molecule has 0 saturated carbocycles. The Hall–Kier alpha value is -4.19. The average molecular weight is 395 g/mol. The van der Waals surface area contributed by atoms with Crippen molar-refractivity contribution in [3.8, 4) is 11.3 Å². The van der Waals surface area contributed by atoms with Gasteiger partial charge in [0.25, 0.3) is 5.91 Å². The van der Waals surface area contributed by atoms with E-state index in [0.717, 1.165) is 22.5 Å². The molecule has 3 heterocycles. The first kappa shape index (κ1) is 17.9. The Labute approximate surface area is 171 Å². The third-order valence-electron chi connectivity index (χ3n) is 5.00. The third kappa shape index (κ3) is 3.14. The van der Waals surface area contributed by atoms with Crippen LogP contribution in [-0.4, -0.2) is 15.3 Å². The zero-order valence-corrected chi connectivity index (χ0v) is 16.1. The second-order valence-electron chi connectivity index (χ2n) is 7.07. The second-order valence-corrected chi connectivity index (χ2v) is 7.07. The highest BCUT2D eigenvalue weighted by Gasteiger charge is 2.14. The molecule has 0 spiro atoms. The number of nitrogens with one attached hydrogen (secondary N) is 1. The van der Waals surface area contributed by atoms with E-state index in [1.54, 1.807) is 36.4 Å². The zero-order chi connectivity index (χ0) is 20.7. The number of aryl methyl sites for hydroxylation is 1. The summed E-state index contributed by atoms with van der Waals surface area (Å²) in [5.41, 5.74) is 4.12. The van der Waals surface area contributed by atoms with Gasteiger partial charge in [-0.2, -0.15) is 0 Å². The van der Waals surface area contributed by atoms with E-state index >= 15 is 0 Å². The van der Waals surface area contributed by atoms with Gasteiger partial charge in [0.2, 0.25) is 0 Å². The molecule has 146 valence electrons. The van der Waals surface area contributed by atoms with E-state index in [1.807, 2.05) is 54.0 Å². The van der Waals surface area contributed by atoms with Crippen LogP contribution in [0.15, 0.2) is 88.3 Å². The van der Waals surface area contributed by atoms with Crippen molar-refractivity contribution in [2.75, 3.05) is 5.32 Å². The van der Waals surface area contributed by atoms with Crippen LogP contribution in [0.3, 0.4) is 0 Å². The largest absolute Gasteiger partial charge is 0.422 e. The Morgan fingerprint density at radius 2 is 1.83 bits per heavy atom. The van der Waals surface area contributed by atoms with Crippen molar-refractivity contribution < 1.29 is 9.21 Å². The number of carbonyl (C=O) groups excluding carboxylic acids is 1. The molecular weight excluding hydrogens is 378 g/mol. The molecule has 0 fully saturated rings. The first-order chi connectivity index (χ1) is 14.6. The Morgan fingerprint density at radius 1 is 1.03 bits per heavy atom. The highest BCUT2D eigenvalue weighted by molar-refractivity contribution is 6.05. The lowest BCUT2D eigenvalue weighted by Gasteiger charge is -2.06. The van der Waals surface area contributed by atoms with Gasteiger partial charge in [-0.15, -0.1) is 0 Å². The summed E-state index contributed by atoms with van der Waals surface area (Å²) in [7, 11) is 0. The molecular formula is C24H17N3O3. The SMILES string of the molecule is Cc1cccn2cc(-c3ccc(NC(=O)c4cc5ccccc5oc4=O)cc3)nc12. The Morgan fingerprint density at radius 3 is 2.63 bits per heavy atom. The van der Waals surface area contributed by atoms with E-state index in [2.05, 4.69) is 10.3 Å². The van der Waals surface area contributed by atoms with Crippen molar-refractivity contribution in [3.05, 3.63) is 101 Å². The fourth-order valence-corrected chi connectivity index (χ4v) is 3.44. The van der Waals surface area contributed by atoms with E-state index in [-0.39, 0.29) is 5.56 Å². The van der Waals surface area contributed by atoms with Crippen molar-refractivity contribution in [3.63, 3.8) is 0 Å². The fraction of sp³-hybridized carbons (Fsp3) is 0.0417. The normalized spacial score (nSPS) is 11.1. The van der Waals surface area contributed by atoms with E-state index < -0.39 is 11.5 Å². The zero-order valence-electron chi connectivity index (χ0n) is 16.1. The van der Waals surface area contributed by atoms with Crippen molar-refractivity contribution in [1.82, 2.24) is 9.38 Å². The van der Waals surface area contributed by atoms with Crippen LogP contribution in [0.5, 0.6) is 0 Å². The van der Waals surface area contributed by atoms with Gasteiger partial charge in [-0.3, -0.25) is 4.79 Å². The van der Waals surface area contributed by atoms with Crippen molar-refractivity contribution in [2.45, 2.75) is 6.92 Å². The maximum atomic E-state index is 12.6. The lowest BCUT2D eigenvalue weighted by atomic mass is 10.1. The number of para-hydroxylation sites is 1. The molecule has 0 saturated heterocycles. The molecule has 2 aromatic carbocycles. The predicted octanol–water partition coefficient (Wildman–Crippen LogP) is 4.67. The number of aromatic nitrogens is 2. The van der Waals surface area contributed by atoms with Gasteiger partial charge < -0.3 is 14.1 Å². The summed E-state index contributed by atoms with van der Waals surface area (Å²) < 4.78 is 7.23. The Kier molecular flexibility index (Phi) is 4.17. The molecule has 6 heteroatoms. The molecule has 0 aliphatic rings. The molecule has 0 atom stereocenters. The topological polar surface area (TPSA) is 76.6 Å². The number of nitrogens with zero attached hydrogens (tertiary/aromatic N) is 2. The van der Waals surface area contributed by atoms with Gasteiger partial charge in [0.15, 0.2) is 0 Å². The van der Waals surface area contributed by atoms with E-state index in [4.69, 9.17) is 4.42 Å². The molecule has 0 radical (unpaired) electrons. The number of amides is 1. The van der Waals surface area contributed by atoms with Gasteiger partial charge >= 0.3 is 5.63 Å². The van der Waals surface area contributed by atoms with Gasteiger partial charge in [0, 0.05) is 29.0 Å². The number of carbonyl (C=O) groups is 1. The molecule has 3 aromatic heterocycles. The number of hydrogen-bond acceptors (Lipinski definition) is 4. The molecule has 6 nitrogen and oxygen atoms in total. The summed E-state index contributed by atoms with van der Waals surface area (Å²) >= 11 is 0. The number of pyridine rings is 1. The van der Waals surface area contributed by atoms with E-state index in [1.165, 1.54) is 0 Å². The summed E-state index contributed by atoms with van der Waals surface area (Å²) in [6.07, 6.45) is 3.93. The van der Waals surface area contributed by atoms with Crippen LogP contribution >= 0.6 is 0 Å². The smallest absolute Gasteiger partial charge is 0.349 e. The Balaban J connectivity index is 1.40. The number of anilines is 1. The molecule has 0 unspecified atom stereocenters. The number of fused-ring (bicyclic) bond motifs is 2. The number of hydrogen-bond donors (Lipinski definition) is 1. The Bertz CT molecular complexity index is 1460. The second kappa shape index (κ2) is 7.00. The van der Waals surface area contributed by atoms with Crippen molar-refractivity contribution >= 4 is 28.2 Å². The molecule has 0 aliphatic heterocycles. The lowest BCUT2D eigenvalue weighted by Crippen LogP contribution is -2.20. The molecule has 0 bridgehead atoms. The van der Waals surface area contributed by atoms with Gasteiger partial charge in [0.05, 0.1) is 5.69 Å². The standard InChI is InChI=1S/C24H17N3O3/c1-15-5-4-12-27-14-20(26-22(15)27)16-8-10-18(11-9-16)25-23(28)19-13-17-6-2-3-7-21(17)30-24(19)29/h2-14H,1H3,(H,25,28). The first-order valence-corrected chi connectivity index (χ1v) is 9.47. The van der Waals surface area contributed by atoms with Gasteiger partial charge in [-0.25, -0.2) is 9.78 Å². The quantitative estimate of drug-likeness (QED) is 0.451. The van der Waals surface area contributed by atoms with Gasteiger partial charge in [0.1, 0.15) is 16.8 Å². The van der Waals surface area contributed by atoms with Gasteiger partial charge in [-0.1, -0.05) is 36.4 Å². The summed E-state index contributed by atoms with van der Waals surface area (Å²) in [5, 5.41) is 3.45. The van der Waals surface area contributed by atoms with Crippen molar-refractivity contribution in [2.24, 2.45) is 0 Å². The summed E-state index contributed by atoms with van der Waals surface area (Å²) in [6, 6.07) is 20.0. The number of benzene rings is 2. The number of rotatable bonds is 3. The number of imidazole rings is 1. The summed E-state index contributed by atoms with van der Waals surface area (Å²) in [5.74, 6) is -0.509. The van der Waals surface area contributed by atoms with Crippen LogP contribution in [0.1, 0.15) is 15.9 Å². The average Bonchev–Trinajstić information content (AvgIpc) is 3.19. The van der Waals surface area contributed by atoms with Crippen LogP contribution in [-0.2, 0) is 0 Å². The minimum atomic E-state index is -0.664. The third-order valence-corrected chi connectivity index (χ3v) is 5.00. The van der Waals surface area contributed by atoms with Crippen LogP contribution in [0, 0.1) is 6.92 Å². The molecule has 5 rings (SSSR count). The van der Waals surface area contributed by atoms with Crippen LogP contribution in [0.2, 0.25) is 0 Å². The molecule has 30 heavy (non-hydrogen) atoms. The molecule has 0 aliphatic carbocycles. The maximum absolute atomic E-state index is 12.6. The fourth-order valence-electron chi connectivity index (χ4n) is 3.44. The van der Waals surface area contributed by atoms with Crippen LogP contribution in [0.4, 0.5) is 5.69 Å². The van der Waals surface area contributed by atoms with Crippen molar-refractivity contribution in [1.29, 1.82) is 0 Å². The predicted molar refractivity (Wildman–Crippen MR) is 116 cm³/mol. The lowest BCUT2D eigenvalue weighted by molar-refractivity contribution is 0.102. The molecule has 5 aromatic rings. The summed E-state index contributed by atoms with van der Waals surface area (Å²) in [6.45, 7) is 2.02. The molecule has 1 amide bonds.